The summed E-state index contributed by atoms with van der Waals surface area (Å²) >= 11 is 0. The summed E-state index contributed by atoms with van der Waals surface area (Å²) in [7, 11) is 1.91. The number of aliphatic hydroxyl groups excluding tert-OH is 1. The van der Waals surface area contributed by atoms with Gasteiger partial charge in [-0.1, -0.05) is 0 Å². The number of hydrogen-bond acceptors (Lipinski definition) is 9. The van der Waals surface area contributed by atoms with Crippen molar-refractivity contribution >= 4 is 22.9 Å². The third kappa shape index (κ3) is 3.10. The number of nitrogens with one attached hydrogen (secondary N) is 1. The Morgan fingerprint density at radius 1 is 1.32 bits per heavy atom. The van der Waals surface area contributed by atoms with Crippen LogP contribution < -0.4 is 10.6 Å². The zero-order valence-corrected chi connectivity index (χ0v) is 13.9. The lowest BCUT2D eigenvalue weighted by Gasteiger charge is -2.23. The smallest absolute Gasteiger partial charge is 0.224 e. The van der Waals surface area contributed by atoms with Gasteiger partial charge in [0.25, 0.3) is 0 Å². The Morgan fingerprint density at radius 2 is 2.20 bits per heavy atom. The van der Waals surface area contributed by atoms with Gasteiger partial charge in [-0.15, -0.1) is 10.2 Å². The molecule has 1 aliphatic heterocycles. The van der Waals surface area contributed by atoms with Crippen molar-refractivity contribution in [3.05, 3.63) is 18.5 Å². The van der Waals surface area contributed by atoms with Gasteiger partial charge in [-0.25, -0.2) is 4.98 Å². The molecule has 0 aliphatic carbocycles. The first kappa shape index (κ1) is 15.7. The molecular weight excluding hydrogens is 324 g/mol. The van der Waals surface area contributed by atoms with Crippen LogP contribution in [0.15, 0.2) is 12.7 Å². The van der Waals surface area contributed by atoms with Crippen LogP contribution in [-0.2, 0) is 13.6 Å². The molecule has 0 spiro atoms. The molecule has 1 atom stereocenters. The topological polar surface area (TPSA) is 138 Å². The van der Waals surface area contributed by atoms with Crippen molar-refractivity contribution in [1.82, 2.24) is 39.6 Å². The summed E-state index contributed by atoms with van der Waals surface area (Å²) < 4.78 is 1.88. The first-order valence-electron chi connectivity index (χ1n) is 8.05. The molecular formula is C14H20N10O. The lowest BCUT2D eigenvalue weighted by molar-refractivity contribution is 0.127. The van der Waals surface area contributed by atoms with Crippen LogP contribution in [-0.4, -0.2) is 77.0 Å². The zero-order chi connectivity index (χ0) is 17.4. The maximum atomic E-state index is 10.5. The molecule has 0 bridgehead atoms. The average Bonchev–Trinajstić information content (AvgIpc) is 3.14. The summed E-state index contributed by atoms with van der Waals surface area (Å²) in [4.78, 5) is 19.8. The fourth-order valence-electron chi connectivity index (χ4n) is 3.10. The van der Waals surface area contributed by atoms with E-state index < -0.39 is 6.10 Å². The van der Waals surface area contributed by atoms with E-state index in [0.717, 1.165) is 17.9 Å². The minimum Gasteiger partial charge on any atom is -0.390 e. The first-order chi connectivity index (χ1) is 12.1. The van der Waals surface area contributed by atoms with Gasteiger partial charge in [0.1, 0.15) is 17.7 Å². The van der Waals surface area contributed by atoms with Crippen molar-refractivity contribution in [3.63, 3.8) is 0 Å². The predicted octanol–water partition coefficient (Wildman–Crippen LogP) is -1.25. The van der Waals surface area contributed by atoms with Gasteiger partial charge in [0, 0.05) is 33.2 Å². The molecule has 11 heteroatoms. The number of β-amino-alcohol motifs (C(OH)–C–C–N with tert-alkyl or cyclic N) is 1. The van der Waals surface area contributed by atoms with Crippen LogP contribution >= 0.6 is 0 Å². The number of rotatable bonds is 3. The molecule has 0 saturated carbocycles. The molecule has 3 aromatic rings. The van der Waals surface area contributed by atoms with Gasteiger partial charge in [-0.3, -0.25) is 4.90 Å². The number of hydrogen-bond donors (Lipinski definition) is 3. The summed E-state index contributed by atoms with van der Waals surface area (Å²) in [6, 6.07) is 0. The third-order valence-electron chi connectivity index (χ3n) is 4.34. The van der Waals surface area contributed by atoms with Crippen LogP contribution in [0.3, 0.4) is 0 Å². The van der Waals surface area contributed by atoms with Crippen molar-refractivity contribution in [2.75, 3.05) is 36.8 Å². The maximum Gasteiger partial charge on any atom is 0.224 e. The van der Waals surface area contributed by atoms with Gasteiger partial charge < -0.3 is 25.3 Å². The number of anilines is 2. The molecule has 0 radical (unpaired) electrons. The Morgan fingerprint density at radius 3 is 3.00 bits per heavy atom. The van der Waals surface area contributed by atoms with Crippen LogP contribution in [0.2, 0.25) is 0 Å². The minimum atomic E-state index is -0.523. The Labute approximate surface area is 143 Å². The largest absolute Gasteiger partial charge is 0.390 e. The highest BCUT2D eigenvalue weighted by atomic mass is 16.3. The van der Waals surface area contributed by atoms with Gasteiger partial charge in [-0.2, -0.15) is 9.97 Å². The molecule has 4 rings (SSSR count). The summed E-state index contributed by atoms with van der Waals surface area (Å²) in [5, 5.41) is 18.5. The third-order valence-corrected chi connectivity index (χ3v) is 4.34. The molecule has 25 heavy (non-hydrogen) atoms. The first-order valence-corrected chi connectivity index (χ1v) is 8.05. The van der Waals surface area contributed by atoms with Crippen molar-refractivity contribution in [3.8, 4) is 0 Å². The van der Waals surface area contributed by atoms with Gasteiger partial charge in [0.15, 0.2) is 11.5 Å². The van der Waals surface area contributed by atoms with E-state index in [1.165, 1.54) is 0 Å². The van der Waals surface area contributed by atoms with Crippen molar-refractivity contribution in [1.29, 1.82) is 0 Å². The molecule has 0 amide bonds. The van der Waals surface area contributed by atoms with E-state index >= 15 is 0 Å². The fraction of sp³-hybridized carbons (Fsp3) is 0.500. The molecule has 0 unspecified atom stereocenters. The zero-order valence-electron chi connectivity index (χ0n) is 13.9. The summed E-state index contributed by atoms with van der Waals surface area (Å²) in [5.41, 5.74) is 7.06. The second-order valence-electron chi connectivity index (χ2n) is 6.20. The number of aromatic amines is 1. The van der Waals surface area contributed by atoms with E-state index in [0.29, 0.717) is 37.6 Å². The minimum absolute atomic E-state index is 0.171. The molecule has 4 N–H and O–H groups in total. The van der Waals surface area contributed by atoms with Crippen molar-refractivity contribution < 1.29 is 5.11 Å². The van der Waals surface area contributed by atoms with Crippen LogP contribution in [0.4, 0.5) is 11.8 Å². The molecule has 1 saturated heterocycles. The maximum absolute atomic E-state index is 10.5. The van der Waals surface area contributed by atoms with Gasteiger partial charge >= 0.3 is 0 Å². The number of imidazole rings is 1. The van der Waals surface area contributed by atoms with Crippen LogP contribution in [0.1, 0.15) is 5.82 Å². The molecule has 1 aliphatic rings. The highest BCUT2D eigenvalue weighted by molar-refractivity contribution is 5.84. The van der Waals surface area contributed by atoms with E-state index in [1.807, 2.05) is 16.5 Å². The molecule has 1 fully saturated rings. The molecule has 132 valence electrons. The number of nitrogens with zero attached hydrogens (tertiary/aromatic N) is 8. The lowest BCUT2D eigenvalue weighted by Crippen LogP contribution is -2.34. The molecule has 4 heterocycles. The monoisotopic (exact) mass is 344 g/mol. The Bertz CT molecular complexity index is 874. The SMILES string of the molecule is Cn1cnnc1CN1CCN(c2nc(N)nc3nc[nH]c23)C[C@@H](O)C1. The Balaban J connectivity index is 1.56. The fourth-order valence-corrected chi connectivity index (χ4v) is 3.10. The van der Waals surface area contributed by atoms with Crippen LogP contribution in [0.25, 0.3) is 11.2 Å². The summed E-state index contributed by atoms with van der Waals surface area (Å²) in [6.07, 6.45) is 2.72. The second-order valence-corrected chi connectivity index (χ2v) is 6.20. The quantitative estimate of drug-likeness (QED) is 0.532. The van der Waals surface area contributed by atoms with Crippen LogP contribution in [0.5, 0.6) is 0 Å². The standard InChI is InChI=1S/C14H20N10O/c1-22-8-18-21-10(22)6-23-2-3-24(5-9(25)4-23)13-11-12(17-7-16-11)19-14(15)20-13/h7-9,25H,2-6H2,1H3,(H3,15,16,17,19,20)/t9-/m0/s1. The number of aromatic nitrogens is 7. The summed E-state index contributed by atoms with van der Waals surface area (Å²) in [5.74, 6) is 1.70. The predicted molar refractivity (Wildman–Crippen MR) is 90.6 cm³/mol. The van der Waals surface area contributed by atoms with E-state index in [9.17, 15) is 5.11 Å². The Kier molecular flexibility index (Phi) is 3.93. The number of aliphatic hydroxyl groups is 1. The number of fused-ring (bicyclic) bond motifs is 1. The van der Waals surface area contributed by atoms with Gasteiger partial charge in [0.2, 0.25) is 5.95 Å². The highest BCUT2D eigenvalue weighted by Gasteiger charge is 2.25. The van der Waals surface area contributed by atoms with E-state index in [2.05, 4.69) is 35.0 Å². The van der Waals surface area contributed by atoms with Gasteiger partial charge in [0.05, 0.1) is 19.0 Å². The number of aryl methyl sites for hydroxylation is 1. The normalized spacial score (nSPS) is 19.4. The average molecular weight is 344 g/mol. The van der Waals surface area contributed by atoms with Crippen molar-refractivity contribution in [2.24, 2.45) is 7.05 Å². The van der Waals surface area contributed by atoms with Gasteiger partial charge in [-0.05, 0) is 0 Å². The number of nitrogen functional groups attached to an aromatic ring is 1. The molecule has 3 aromatic heterocycles. The Hall–Kier alpha value is -2.79. The molecule has 11 nitrogen and oxygen atoms in total. The second kappa shape index (κ2) is 6.26. The highest BCUT2D eigenvalue weighted by Crippen LogP contribution is 2.23. The van der Waals surface area contributed by atoms with E-state index in [1.54, 1.807) is 12.7 Å². The number of H-pyrrole nitrogens is 1. The summed E-state index contributed by atoms with van der Waals surface area (Å²) in [6.45, 7) is 3.09. The number of nitrogens with two attached hydrogens (primary N) is 1. The lowest BCUT2D eigenvalue weighted by atomic mass is 10.3. The van der Waals surface area contributed by atoms with E-state index in [-0.39, 0.29) is 5.95 Å². The van der Waals surface area contributed by atoms with Crippen LogP contribution in [0, 0.1) is 0 Å². The molecule has 0 aromatic carbocycles. The van der Waals surface area contributed by atoms with E-state index in [4.69, 9.17) is 5.73 Å². The van der Waals surface area contributed by atoms with Crippen molar-refractivity contribution in [2.45, 2.75) is 12.6 Å².